The zero-order valence-electron chi connectivity index (χ0n) is 14.7. The van der Waals surface area contributed by atoms with Gasteiger partial charge < -0.3 is 19.9 Å². The maximum absolute atomic E-state index is 5.68. The first-order valence-electron chi connectivity index (χ1n) is 9.38. The summed E-state index contributed by atoms with van der Waals surface area (Å²) in [5.74, 6) is 1.95. The van der Waals surface area contributed by atoms with Gasteiger partial charge in [0.05, 0.1) is 12.6 Å². The number of guanidine groups is 1. The molecule has 0 bridgehead atoms. The first-order chi connectivity index (χ1) is 11.8. The minimum atomic E-state index is 0.289. The van der Waals surface area contributed by atoms with Crippen LogP contribution in [0, 0.1) is 0 Å². The second kappa shape index (κ2) is 9.01. The van der Waals surface area contributed by atoms with E-state index in [1.54, 1.807) is 6.33 Å². The highest BCUT2D eigenvalue weighted by atomic mass is 16.5. The quantitative estimate of drug-likeness (QED) is 0.584. The molecule has 1 saturated heterocycles. The van der Waals surface area contributed by atoms with Gasteiger partial charge in [0.1, 0.15) is 12.2 Å². The van der Waals surface area contributed by atoms with Crippen LogP contribution in [-0.4, -0.2) is 52.6 Å². The van der Waals surface area contributed by atoms with Crippen molar-refractivity contribution < 1.29 is 4.74 Å². The Morgan fingerprint density at radius 2 is 2.21 bits per heavy atom. The van der Waals surface area contributed by atoms with E-state index in [9.17, 15) is 0 Å². The molecule has 1 atom stereocenters. The van der Waals surface area contributed by atoms with Crippen molar-refractivity contribution in [3.63, 3.8) is 0 Å². The van der Waals surface area contributed by atoms with Crippen LogP contribution in [0.15, 0.2) is 11.3 Å². The Bertz CT molecular complexity index is 517. The van der Waals surface area contributed by atoms with E-state index < -0.39 is 0 Å². The molecule has 7 heteroatoms. The molecule has 0 spiro atoms. The van der Waals surface area contributed by atoms with Crippen molar-refractivity contribution in [2.75, 3.05) is 19.7 Å². The molecule has 1 unspecified atom stereocenters. The minimum absolute atomic E-state index is 0.289. The Balaban J connectivity index is 1.51. The number of hydrogen-bond acceptors (Lipinski definition) is 4. The smallest absolute Gasteiger partial charge is 0.191 e. The number of ether oxygens (including phenoxy) is 1. The van der Waals surface area contributed by atoms with Gasteiger partial charge in [-0.2, -0.15) is 0 Å². The zero-order valence-corrected chi connectivity index (χ0v) is 14.7. The third-order valence-corrected chi connectivity index (χ3v) is 4.83. The van der Waals surface area contributed by atoms with Gasteiger partial charge in [-0.3, -0.25) is 4.99 Å². The Morgan fingerprint density at radius 1 is 1.33 bits per heavy atom. The van der Waals surface area contributed by atoms with Gasteiger partial charge in [0.25, 0.3) is 0 Å². The van der Waals surface area contributed by atoms with E-state index in [-0.39, 0.29) is 6.10 Å². The van der Waals surface area contributed by atoms with Gasteiger partial charge in [0.2, 0.25) is 0 Å². The summed E-state index contributed by atoms with van der Waals surface area (Å²) in [6.07, 6.45) is 10.4. The zero-order chi connectivity index (χ0) is 16.6. The molecule has 0 aromatic carbocycles. The fraction of sp³-hybridized carbons (Fsp3) is 0.824. The van der Waals surface area contributed by atoms with E-state index in [1.165, 1.54) is 25.7 Å². The number of aliphatic imine (C=N–C) groups is 1. The molecule has 0 radical (unpaired) electrons. The molecular formula is C17H30N6O. The van der Waals surface area contributed by atoms with Crippen molar-refractivity contribution in [2.45, 2.75) is 70.6 Å². The third-order valence-electron chi connectivity index (χ3n) is 4.83. The summed E-state index contributed by atoms with van der Waals surface area (Å²) in [5.41, 5.74) is 0. The molecule has 1 aromatic heterocycles. The van der Waals surface area contributed by atoms with Gasteiger partial charge in [-0.25, -0.2) is 0 Å². The molecule has 2 aliphatic rings. The Labute approximate surface area is 144 Å². The minimum Gasteiger partial charge on any atom is -0.376 e. The van der Waals surface area contributed by atoms with Gasteiger partial charge >= 0.3 is 0 Å². The highest BCUT2D eigenvalue weighted by Gasteiger charge is 2.18. The molecule has 3 rings (SSSR count). The summed E-state index contributed by atoms with van der Waals surface area (Å²) in [5, 5.41) is 15.2. The molecule has 1 aliphatic carbocycles. The summed E-state index contributed by atoms with van der Waals surface area (Å²) in [6, 6.07) is 0.557. The molecule has 24 heavy (non-hydrogen) atoms. The van der Waals surface area contributed by atoms with Crippen molar-refractivity contribution in [1.29, 1.82) is 0 Å². The monoisotopic (exact) mass is 334 g/mol. The van der Waals surface area contributed by atoms with Gasteiger partial charge in [0.15, 0.2) is 5.96 Å². The van der Waals surface area contributed by atoms with E-state index in [1.807, 2.05) is 0 Å². The number of aryl methyl sites for hydroxylation is 1. The van der Waals surface area contributed by atoms with E-state index in [0.717, 1.165) is 57.3 Å². The molecule has 2 heterocycles. The summed E-state index contributed by atoms with van der Waals surface area (Å²) in [6.45, 7) is 5.39. The molecule has 1 saturated carbocycles. The van der Waals surface area contributed by atoms with E-state index in [0.29, 0.717) is 6.04 Å². The molecule has 134 valence electrons. The van der Waals surface area contributed by atoms with E-state index >= 15 is 0 Å². The molecule has 0 amide bonds. The highest BCUT2D eigenvalue weighted by Crippen LogP contribution is 2.17. The Hall–Kier alpha value is -1.63. The lowest BCUT2D eigenvalue weighted by Gasteiger charge is -2.18. The SMILES string of the molecule is CCc1nncn1CCNC(=NCC1CCCO1)NC1CCCC1. The van der Waals surface area contributed by atoms with Gasteiger partial charge in [-0.1, -0.05) is 19.8 Å². The second-order valence-corrected chi connectivity index (χ2v) is 6.67. The molecule has 7 nitrogen and oxygen atoms in total. The third kappa shape index (κ3) is 4.93. The van der Waals surface area contributed by atoms with Crippen LogP contribution in [0.25, 0.3) is 0 Å². The number of nitrogens with zero attached hydrogens (tertiary/aromatic N) is 4. The molecule has 1 aliphatic heterocycles. The largest absolute Gasteiger partial charge is 0.376 e. The van der Waals surface area contributed by atoms with Crippen LogP contribution < -0.4 is 10.6 Å². The Morgan fingerprint density at radius 3 is 2.96 bits per heavy atom. The lowest BCUT2D eigenvalue weighted by atomic mass is 10.2. The number of nitrogens with one attached hydrogen (secondary N) is 2. The van der Waals surface area contributed by atoms with Crippen molar-refractivity contribution in [3.05, 3.63) is 12.2 Å². The maximum Gasteiger partial charge on any atom is 0.191 e. The predicted molar refractivity (Wildman–Crippen MR) is 94.1 cm³/mol. The van der Waals surface area contributed by atoms with Crippen molar-refractivity contribution >= 4 is 5.96 Å². The fourth-order valence-corrected chi connectivity index (χ4v) is 3.43. The number of hydrogen-bond donors (Lipinski definition) is 2. The average molecular weight is 334 g/mol. The maximum atomic E-state index is 5.68. The van der Waals surface area contributed by atoms with Crippen LogP contribution in [0.4, 0.5) is 0 Å². The van der Waals surface area contributed by atoms with Crippen LogP contribution in [0.2, 0.25) is 0 Å². The number of aromatic nitrogens is 3. The van der Waals surface area contributed by atoms with Crippen molar-refractivity contribution in [2.24, 2.45) is 4.99 Å². The number of rotatable bonds is 7. The van der Waals surface area contributed by atoms with Gasteiger partial charge in [0, 0.05) is 32.2 Å². The summed E-state index contributed by atoms with van der Waals surface area (Å²) >= 11 is 0. The van der Waals surface area contributed by atoms with Crippen molar-refractivity contribution in [3.8, 4) is 0 Å². The topological polar surface area (TPSA) is 76.4 Å². The first kappa shape index (κ1) is 17.2. The molecular weight excluding hydrogens is 304 g/mol. The van der Waals surface area contributed by atoms with Crippen LogP contribution in [0.3, 0.4) is 0 Å². The van der Waals surface area contributed by atoms with Crippen molar-refractivity contribution in [1.82, 2.24) is 25.4 Å². The summed E-state index contributed by atoms with van der Waals surface area (Å²) in [4.78, 5) is 4.76. The fourth-order valence-electron chi connectivity index (χ4n) is 3.43. The lowest BCUT2D eigenvalue weighted by molar-refractivity contribution is 0.117. The van der Waals surface area contributed by atoms with Gasteiger partial charge in [-0.15, -0.1) is 10.2 Å². The molecule has 2 N–H and O–H groups in total. The Kier molecular flexibility index (Phi) is 6.46. The molecule has 2 fully saturated rings. The average Bonchev–Trinajstić information content (AvgIpc) is 3.34. The summed E-state index contributed by atoms with van der Waals surface area (Å²) < 4.78 is 7.78. The van der Waals surface area contributed by atoms with Gasteiger partial charge in [-0.05, 0) is 25.7 Å². The van der Waals surface area contributed by atoms with Crippen LogP contribution in [-0.2, 0) is 17.7 Å². The van der Waals surface area contributed by atoms with E-state index in [2.05, 4.69) is 32.3 Å². The highest BCUT2D eigenvalue weighted by molar-refractivity contribution is 5.80. The van der Waals surface area contributed by atoms with E-state index in [4.69, 9.17) is 9.73 Å². The van der Waals surface area contributed by atoms with Crippen LogP contribution in [0.1, 0.15) is 51.3 Å². The summed E-state index contributed by atoms with van der Waals surface area (Å²) in [7, 11) is 0. The lowest BCUT2D eigenvalue weighted by Crippen LogP contribution is -2.44. The first-order valence-corrected chi connectivity index (χ1v) is 9.38. The standard InChI is InChI=1S/C17H30N6O/c1-2-16-22-20-13-23(16)10-9-18-17(21-14-6-3-4-7-14)19-12-15-8-5-11-24-15/h13-15H,2-12H2,1H3,(H2,18,19,21). The van der Waals surface area contributed by atoms with Crippen LogP contribution in [0.5, 0.6) is 0 Å². The normalized spacial score (nSPS) is 22.2. The van der Waals surface area contributed by atoms with Crippen LogP contribution >= 0.6 is 0 Å². The second-order valence-electron chi connectivity index (χ2n) is 6.67. The predicted octanol–water partition coefficient (Wildman–Crippen LogP) is 1.50. The molecule has 1 aromatic rings.